The van der Waals surface area contributed by atoms with E-state index in [9.17, 15) is 22.8 Å². The van der Waals surface area contributed by atoms with Gasteiger partial charge >= 0.3 is 6.18 Å². The van der Waals surface area contributed by atoms with Crippen molar-refractivity contribution in [3.8, 4) is 23.0 Å². The molecular formula is C32H30ClF3N4O5. The zero-order valence-electron chi connectivity index (χ0n) is 24.4. The fraction of sp³-hybridized carbons (Fsp3) is 0.281. The molecule has 2 N–H and O–H groups in total. The van der Waals surface area contributed by atoms with E-state index in [-0.39, 0.29) is 29.1 Å². The summed E-state index contributed by atoms with van der Waals surface area (Å²) in [5.41, 5.74) is -0.139. The lowest BCUT2D eigenvalue weighted by molar-refractivity contribution is -0.137. The van der Waals surface area contributed by atoms with Gasteiger partial charge in [-0.25, -0.2) is 0 Å². The summed E-state index contributed by atoms with van der Waals surface area (Å²) >= 11 is 5.54. The molecule has 9 nitrogen and oxygen atoms in total. The van der Waals surface area contributed by atoms with Gasteiger partial charge in [0.2, 0.25) is 5.91 Å². The van der Waals surface area contributed by atoms with E-state index in [1.807, 2.05) is 0 Å². The van der Waals surface area contributed by atoms with E-state index in [0.29, 0.717) is 65.5 Å². The normalized spacial score (nSPS) is 13.8. The number of benzene rings is 3. The fourth-order valence-electron chi connectivity index (χ4n) is 5.22. The van der Waals surface area contributed by atoms with Crippen LogP contribution in [0, 0.1) is 0 Å². The van der Waals surface area contributed by atoms with Gasteiger partial charge in [-0.3, -0.25) is 14.6 Å². The van der Waals surface area contributed by atoms with Crippen LogP contribution in [0.3, 0.4) is 0 Å². The summed E-state index contributed by atoms with van der Waals surface area (Å²) in [5, 5.41) is 6.10. The van der Waals surface area contributed by atoms with Crippen LogP contribution in [0.4, 0.5) is 24.5 Å². The average Bonchev–Trinajstić information content (AvgIpc) is 3.04. The topological polar surface area (TPSA) is 102 Å². The number of rotatable bonds is 9. The van der Waals surface area contributed by atoms with E-state index in [0.717, 1.165) is 6.07 Å². The molecule has 0 atom stereocenters. The van der Waals surface area contributed by atoms with Crippen LogP contribution in [0.25, 0.3) is 10.9 Å². The molecule has 0 unspecified atom stereocenters. The molecule has 1 aromatic heterocycles. The van der Waals surface area contributed by atoms with Crippen molar-refractivity contribution in [3.63, 3.8) is 0 Å². The molecule has 2 amide bonds. The Kier molecular flexibility index (Phi) is 9.52. The van der Waals surface area contributed by atoms with Crippen LogP contribution in [0.5, 0.6) is 23.0 Å². The molecule has 13 heteroatoms. The molecule has 45 heavy (non-hydrogen) atoms. The molecule has 4 aromatic rings. The van der Waals surface area contributed by atoms with Crippen LogP contribution < -0.4 is 29.7 Å². The van der Waals surface area contributed by atoms with Crippen molar-refractivity contribution in [1.82, 2.24) is 10.3 Å². The highest BCUT2D eigenvalue weighted by atomic mass is 35.5. The summed E-state index contributed by atoms with van der Waals surface area (Å²) in [6.45, 7) is 0.615. The van der Waals surface area contributed by atoms with Gasteiger partial charge in [-0.2, -0.15) is 13.2 Å². The van der Waals surface area contributed by atoms with Crippen LogP contribution in [0.15, 0.2) is 66.9 Å². The molecule has 2 heterocycles. The van der Waals surface area contributed by atoms with Gasteiger partial charge in [-0.05, 0) is 55.3 Å². The number of methoxy groups -OCH3 is 2. The number of ether oxygens (including phenoxy) is 3. The highest BCUT2D eigenvalue weighted by Gasteiger charge is 2.36. The van der Waals surface area contributed by atoms with E-state index in [1.165, 1.54) is 26.4 Å². The largest absolute Gasteiger partial charge is 0.493 e. The zero-order valence-corrected chi connectivity index (χ0v) is 25.2. The Bertz CT molecular complexity index is 1710. The minimum atomic E-state index is -4.69. The van der Waals surface area contributed by atoms with Crippen molar-refractivity contribution in [2.75, 3.05) is 43.4 Å². The monoisotopic (exact) mass is 642 g/mol. The van der Waals surface area contributed by atoms with Gasteiger partial charge in [-0.15, -0.1) is 11.6 Å². The van der Waals surface area contributed by atoms with Crippen molar-refractivity contribution in [1.29, 1.82) is 0 Å². The van der Waals surface area contributed by atoms with Crippen LogP contribution in [0.2, 0.25) is 0 Å². The van der Waals surface area contributed by atoms with Gasteiger partial charge in [0.05, 0.1) is 25.3 Å². The van der Waals surface area contributed by atoms with Gasteiger partial charge < -0.3 is 29.7 Å². The second kappa shape index (κ2) is 13.5. The number of pyridine rings is 1. The van der Waals surface area contributed by atoms with E-state index in [4.69, 9.17) is 25.8 Å². The maximum Gasteiger partial charge on any atom is 0.418 e. The van der Waals surface area contributed by atoms with Crippen molar-refractivity contribution in [2.45, 2.75) is 25.1 Å². The lowest BCUT2D eigenvalue weighted by Gasteiger charge is -2.35. The lowest BCUT2D eigenvalue weighted by Crippen LogP contribution is -2.45. The first-order valence-corrected chi connectivity index (χ1v) is 14.5. The maximum absolute atomic E-state index is 14.2. The smallest absolute Gasteiger partial charge is 0.418 e. The minimum Gasteiger partial charge on any atom is -0.493 e. The molecule has 1 aliphatic rings. The Morgan fingerprint density at radius 1 is 0.978 bits per heavy atom. The van der Waals surface area contributed by atoms with Crippen molar-refractivity contribution in [2.24, 2.45) is 0 Å². The number of nitrogens with one attached hydrogen (secondary N) is 2. The Labute approximate surface area is 262 Å². The quantitative estimate of drug-likeness (QED) is 0.197. The van der Waals surface area contributed by atoms with Crippen molar-refractivity contribution in [3.05, 3.63) is 78.0 Å². The van der Waals surface area contributed by atoms with E-state index in [2.05, 4.69) is 15.6 Å². The number of halogens is 4. The van der Waals surface area contributed by atoms with Gasteiger partial charge in [0.15, 0.2) is 11.5 Å². The van der Waals surface area contributed by atoms with E-state index < -0.39 is 17.6 Å². The number of aromatic nitrogens is 1. The number of hydrogen-bond acceptors (Lipinski definition) is 7. The number of carbonyl (C=O) groups excluding carboxylic acids is 2. The maximum atomic E-state index is 14.2. The van der Waals surface area contributed by atoms with Crippen LogP contribution in [-0.2, 0) is 11.0 Å². The molecule has 0 radical (unpaired) electrons. The third-order valence-corrected chi connectivity index (χ3v) is 7.66. The molecule has 5 rings (SSSR count). The SMILES string of the molecule is COc1cc2nccc(Oc3cccc(NC(=O)c4ccc(N5CCC(NC(=O)CCl)CC5)c(C(F)(F)F)c4)c3)c2cc1OC. The molecule has 3 aromatic carbocycles. The predicted octanol–water partition coefficient (Wildman–Crippen LogP) is 6.64. The molecule has 1 aliphatic heterocycles. The molecule has 0 bridgehead atoms. The fourth-order valence-corrected chi connectivity index (χ4v) is 5.29. The molecule has 0 aliphatic carbocycles. The Morgan fingerprint density at radius 2 is 1.71 bits per heavy atom. The van der Waals surface area contributed by atoms with E-state index in [1.54, 1.807) is 53.6 Å². The van der Waals surface area contributed by atoms with Gasteiger partial charge in [-0.1, -0.05) is 6.07 Å². The van der Waals surface area contributed by atoms with Gasteiger partial charge in [0.25, 0.3) is 5.91 Å². The Balaban J connectivity index is 1.32. The first kappa shape index (κ1) is 31.7. The third kappa shape index (κ3) is 7.34. The lowest BCUT2D eigenvalue weighted by atomic mass is 10.0. The number of alkyl halides is 4. The summed E-state index contributed by atoms with van der Waals surface area (Å²) < 4.78 is 59.3. The second-order valence-corrected chi connectivity index (χ2v) is 10.6. The number of carbonyl (C=O) groups is 2. The average molecular weight is 643 g/mol. The molecule has 1 saturated heterocycles. The third-order valence-electron chi connectivity index (χ3n) is 7.41. The number of fused-ring (bicyclic) bond motifs is 1. The van der Waals surface area contributed by atoms with Crippen molar-refractivity contribution < 1.29 is 37.0 Å². The summed E-state index contributed by atoms with van der Waals surface area (Å²) in [6.07, 6.45) is -2.17. The molecule has 0 saturated carbocycles. The number of piperidine rings is 1. The van der Waals surface area contributed by atoms with Crippen LogP contribution in [0.1, 0.15) is 28.8 Å². The number of nitrogens with zero attached hydrogens (tertiary/aromatic N) is 2. The van der Waals surface area contributed by atoms with Crippen LogP contribution in [-0.4, -0.2) is 56.0 Å². The molecule has 1 fully saturated rings. The van der Waals surface area contributed by atoms with Crippen LogP contribution >= 0.6 is 11.6 Å². The number of hydrogen-bond donors (Lipinski definition) is 2. The summed E-state index contributed by atoms with van der Waals surface area (Å²) in [7, 11) is 3.05. The highest BCUT2D eigenvalue weighted by Crippen LogP contribution is 2.39. The minimum absolute atomic E-state index is 0.0182. The first-order chi connectivity index (χ1) is 21.6. The summed E-state index contributed by atoms with van der Waals surface area (Å²) in [5.74, 6) is 0.663. The Morgan fingerprint density at radius 3 is 2.40 bits per heavy atom. The number of amides is 2. The molecule has 0 spiro atoms. The molecular weight excluding hydrogens is 613 g/mol. The molecule has 236 valence electrons. The van der Waals surface area contributed by atoms with E-state index >= 15 is 0 Å². The second-order valence-electron chi connectivity index (χ2n) is 10.3. The first-order valence-electron chi connectivity index (χ1n) is 14.0. The summed E-state index contributed by atoms with van der Waals surface area (Å²) in [6, 6.07) is 15.0. The van der Waals surface area contributed by atoms with Gasteiger partial charge in [0.1, 0.15) is 17.4 Å². The van der Waals surface area contributed by atoms with Crippen molar-refractivity contribution >= 4 is 45.7 Å². The highest BCUT2D eigenvalue weighted by molar-refractivity contribution is 6.27. The standard InChI is InChI=1S/C32H30ClF3N4O5/c1-43-28-16-23-25(17-29(28)44-2)37-11-8-27(23)45-22-5-3-4-21(15-22)39-31(42)19-6-7-26(24(14-19)32(34,35)36)40-12-9-20(10-13-40)38-30(41)18-33/h3-8,11,14-17,20H,9-10,12-13,18H2,1-2H3,(H,38,41)(H,39,42). The summed E-state index contributed by atoms with van der Waals surface area (Å²) in [4.78, 5) is 30.7. The zero-order chi connectivity index (χ0) is 32.1. The van der Waals surface area contributed by atoms with Gasteiger partial charge in [0, 0.05) is 59.8 Å². The number of anilines is 2. The Hall–Kier alpha value is -4.71. The predicted molar refractivity (Wildman–Crippen MR) is 165 cm³/mol.